The molecule has 21 heavy (non-hydrogen) atoms. The van der Waals surface area contributed by atoms with Crippen LogP contribution in [0.4, 0.5) is 0 Å². The Morgan fingerprint density at radius 3 is 2.71 bits per heavy atom. The lowest BCUT2D eigenvalue weighted by molar-refractivity contribution is 0.159. The average Bonchev–Trinajstić information content (AvgIpc) is 2.42. The Balaban J connectivity index is 0.00000400. The number of hydrogen-bond donors (Lipinski definition) is 2. The minimum atomic E-state index is 0. The fourth-order valence-corrected chi connectivity index (χ4v) is 2.85. The minimum Gasteiger partial charge on any atom is -0.356 e. The Bertz CT molecular complexity index is 281. The summed E-state index contributed by atoms with van der Waals surface area (Å²) < 4.78 is 0. The first kappa shape index (κ1) is 21.0. The second kappa shape index (κ2) is 12.5. The van der Waals surface area contributed by atoms with Gasteiger partial charge in [-0.05, 0) is 37.6 Å². The van der Waals surface area contributed by atoms with Gasteiger partial charge in [0, 0.05) is 33.2 Å². The zero-order valence-electron chi connectivity index (χ0n) is 14.3. The lowest BCUT2D eigenvalue weighted by Crippen LogP contribution is -2.45. The lowest BCUT2D eigenvalue weighted by Gasteiger charge is -2.34. The molecule has 1 fully saturated rings. The Morgan fingerprint density at radius 2 is 2.10 bits per heavy atom. The van der Waals surface area contributed by atoms with Crippen molar-refractivity contribution in [3.8, 4) is 0 Å². The zero-order chi connectivity index (χ0) is 14.8. The first-order valence-corrected chi connectivity index (χ1v) is 8.32. The van der Waals surface area contributed by atoms with Gasteiger partial charge in [-0.15, -0.1) is 24.0 Å². The molecule has 1 aliphatic heterocycles. The second-order valence-electron chi connectivity index (χ2n) is 6.40. The molecule has 0 saturated carbocycles. The van der Waals surface area contributed by atoms with E-state index >= 15 is 0 Å². The van der Waals surface area contributed by atoms with Crippen molar-refractivity contribution >= 4 is 29.9 Å². The van der Waals surface area contributed by atoms with Crippen molar-refractivity contribution in [2.24, 2.45) is 16.8 Å². The topological polar surface area (TPSA) is 39.7 Å². The van der Waals surface area contributed by atoms with Gasteiger partial charge in [0.15, 0.2) is 5.96 Å². The molecule has 1 atom stereocenters. The summed E-state index contributed by atoms with van der Waals surface area (Å²) in [5.41, 5.74) is 0. The van der Waals surface area contributed by atoms with Crippen LogP contribution in [0.25, 0.3) is 0 Å². The van der Waals surface area contributed by atoms with Crippen molar-refractivity contribution in [2.45, 2.75) is 46.5 Å². The highest BCUT2D eigenvalue weighted by molar-refractivity contribution is 14.0. The van der Waals surface area contributed by atoms with Crippen molar-refractivity contribution < 1.29 is 0 Å². The van der Waals surface area contributed by atoms with Crippen molar-refractivity contribution in [2.75, 3.05) is 39.8 Å². The van der Waals surface area contributed by atoms with Crippen LogP contribution in [-0.4, -0.2) is 50.6 Å². The van der Waals surface area contributed by atoms with Crippen LogP contribution >= 0.6 is 24.0 Å². The third kappa shape index (κ3) is 9.55. The Morgan fingerprint density at radius 1 is 1.33 bits per heavy atom. The zero-order valence-corrected chi connectivity index (χ0v) is 16.7. The maximum absolute atomic E-state index is 4.29. The van der Waals surface area contributed by atoms with Crippen LogP contribution in [0.1, 0.15) is 46.5 Å². The molecular weight excluding hydrogens is 375 g/mol. The SMILES string of the molecule is CCCCNC(=NC)NCC1CCCN(CC(C)C)C1.I. The number of nitrogens with one attached hydrogen (secondary N) is 2. The number of aliphatic imine (C=N–C) groups is 1. The number of piperidine rings is 1. The molecule has 5 heteroatoms. The van der Waals surface area contributed by atoms with Crippen molar-refractivity contribution in [1.82, 2.24) is 15.5 Å². The molecule has 0 aromatic carbocycles. The van der Waals surface area contributed by atoms with Crippen LogP contribution in [0.2, 0.25) is 0 Å². The summed E-state index contributed by atoms with van der Waals surface area (Å²) in [6.45, 7) is 12.6. The summed E-state index contributed by atoms with van der Waals surface area (Å²) in [5, 5.41) is 6.86. The number of guanidine groups is 1. The van der Waals surface area contributed by atoms with Gasteiger partial charge in [0.25, 0.3) is 0 Å². The van der Waals surface area contributed by atoms with E-state index in [2.05, 4.69) is 41.3 Å². The van der Waals surface area contributed by atoms with Crippen LogP contribution in [0.5, 0.6) is 0 Å². The molecule has 0 radical (unpaired) electrons. The molecule has 0 spiro atoms. The van der Waals surface area contributed by atoms with Gasteiger partial charge >= 0.3 is 0 Å². The quantitative estimate of drug-likeness (QED) is 0.294. The summed E-state index contributed by atoms with van der Waals surface area (Å²) in [5.74, 6) is 2.48. The number of unbranched alkanes of at least 4 members (excludes halogenated alkanes) is 1. The summed E-state index contributed by atoms with van der Waals surface area (Å²) in [7, 11) is 1.85. The molecule has 1 heterocycles. The molecule has 0 aromatic heterocycles. The van der Waals surface area contributed by atoms with E-state index in [4.69, 9.17) is 0 Å². The number of hydrogen-bond acceptors (Lipinski definition) is 2. The largest absolute Gasteiger partial charge is 0.356 e. The Kier molecular flexibility index (Phi) is 12.5. The molecule has 0 bridgehead atoms. The maximum Gasteiger partial charge on any atom is 0.190 e. The first-order chi connectivity index (χ1) is 9.65. The Labute approximate surface area is 148 Å². The van der Waals surface area contributed by atoms with E-state index in [0.717, 1.165) is 30.9 Å². The molecule has 1 aliphatic rings. The maximum atomic E-state index is 4.29. The average molecular weight is 410 g/mol. The summed E-state index contributed by atoms with van der Waals surface area (Å²) in [6.07, 6.45) is 5.09. The van der Waals surface area contributed by atoms with Gasteiger partial charge < -0.3 is 15.5 Å². The predicted octanol–water partition coefficient (Wildman–Crippen LogP) is 2.94. The number of nitrogens with zero attached hydrogens (tertiary/aromatic N) is 2. The third-order valence-corrected chi connectivity index (χ3v) is 3.83. The van der Waals surface area contributed by atoms with Crippen molar-refractivity contribution in [3.05, 3.63) is 0 Å². The van der Waals surface area contributed by atoms with E-state index in [1.165, 1.54) is 45.3 Å². The van der Waals surface area contributed by atoms with Gasteiger partial charge in [-0.3, -0.25) is 4.99 Å². The normalized spacial score (nSPS) is 20.2. The number of likely N-dealkylation sites (tertiary alicyclic amines) is 1. The Hall–Kier alpha value is -0.0400. The predicted molar refractivity (Wildman–Crippen MR) is 104 cm³/mol. The fraction of sp³-hybridized carbons (Fsp3) is 0.938. The molecular formula is C16H35IN4. The molecule has 1 rings (SSSR count). The van der Waals surface area contributed by atoms with Crippen molar-refractivity contribution in [3.63, 3.8) is 0 Å². The number of rotatable bonds is 7. The van der Waals surface area contributed by atoms with E-state index in [1.54, 1.807) is 0 Å². The van der Waals surface area contributed by atoms with E-state index in [-0.39, 0.29) is 24.0 Å². The highest BCUT2D eigenvalue weighted by Crippen LogP contribution is 2.16. The van der Waals surface area contributed by atoms with Crippen LogP contribution in [-0.2, 0) is 0 Å². The first-order valence-electron chi connectivity index (χ1n) is 8.32. The van der Waals surface area contributed by atoms with E-state index < -0.39 is 0 Å². The van der Waals surface area contributed by atoms with Crippen molar-refractivity contribution in [1.29, 1.82) is 0 Å². The molecule has 2 N–H and O–H groups in total. The van der Waals surface area contributed by atoms with Gasteiger partial charge in [-0.1, -0.05) is 27.2 Å². The monoisotopic (exact) mass is 410 g/mol. The molecule has 0 aliphatic carbocycles. The fourth-order valence-electron chi connectivity index (χ4n) is 2.85. The summed E-state index contributed by atoms with van der Waals surface area (Å²) >= 11 is 0. The summed E-state index contributed by atoms with van der Waals surface area (Å²) in [4.78, 5) is 6.91. The molecule has 1 unspecified atom stereocenters. The standard InChI is InChI=1S/C16H34N4.HI/c1-5-6-9-18-16(17-4)19-11-15-8-7-10-20(13-15)12-14(2)3;/h14-15H,5-13H2,1-4H3,(H2,17,18,19);1H. The van der Waals surface area contributed by atoms with E-state index in [9.17, 15) is 0 Å². The number of halogens is 1. The summed E-state index contributed by atoms with van der Waals surface area (Å²) in [6, 6.07) is 0. The molecule has 0 amide bonds. The van der Waals surface area contributed by atoms with Crippen LogP contribution in [0.3, 0.4) is 0 Å². The van der Waals surface area contributed by atoms with Gasteiger partial charge in [-0.25, -0.2) is 0 Å². The molecule has 1 saturated heterocycles. The lowest BCUT2D eigenvalue weighted by atomic mass is 9.97. The molecule has 126 valence electrons. The molecule has 4 nitrogen and oxygen atoms in total. The smallest absolute Gasteiger partial charge is 0.190 e. The van der Waals surface area contributed by atoms with Crippen LogP contribution < -0.4 is 10.6 Å². The van der Waals surface area contributed by atoms with Gasteiger partial charge in [0.2, 0.25) is 0 Å². The van der Waals surface area contributed by atoms with Crippen LogP contribution in [0.15, 0.2) is 4.99 Å². The van der Waals surface area contributed by atoms with Gasteiger partial charge in [0.1, 0.15) is 0 Å². The van der Waals surface area contributed by atoms with E-state index in [0.29, 0.717) is 0 Å². The van der Waals surface area contributed by atoms with Crippen LogP contribution in [0, 0.1) is 11.8 Å². The molecule has 0 aromatic rings. The van der Waals surface area contributed by atoms with Gasteiger partial charge in [-0.2, -0.15) is 0 Å². The third-order valence-electron chi connectivity index (χ3n) is 3.83. The second-order valence-corrected chi connectivity index (χ2v) is 6.40. The van der Waals surface area contributed by atoms with Gasteiger partial charge in [0.05, 0.1) is 0 Å². The minimum absolute atomic E-state index is 0. The highest BCUT2D eigenvalue weighted by atomic mass is 127. The van der Waals surface area contributed by atoms with E-state index in [1.807, 2.05) is 7.05 Å². The highest BCUT2D eigenvalue weighted by Gasteiger charge is 2.20.